The summed E-state index contributed by atoms with van der Waals surface area (Å²) in [6.07, 6.45) is 0. The van der Waals surface area contributed by atoms with Gasteiger partial charge in [-0.2, -0.15) is 4.98 Å². The fourth-order valence-corrected chi connectivity index (χ4v) is 2.26. The molecular formula is C13H13N5O5. The lowest BCUT2D eigenvalue weighted by atomic mass is 10.2. The Morgan fingerprint density at radius 3 is 2.91 bits per heavy atom. The number of amides is 1. The van der Waals surface area contributed by atoms with E-state index in [4.69, 9.17) is 9.26 Å². The van der Waals surface area contributed by atoms with Gasteiger partial charge in [0.15, 0.2) is 18.2 Å². The SMILES string of the molecule is Cc1nc(CN(C)c2cc3c(cc2[N+](=O)[O-])OCC(=O)N3)no1. The van der Waals surface area contributed by atoms with Crippen molar-refractivity contribution in [1.82, 2.24) is 10.1 Å². The second kappa shape index (κ2) is 5.55. The van der Waals surface area contributed by atoms with Gasteiger partial charge in [-0.25, -0.2) is 0 Å². The summed E-state index contributed by atoms with van der Waals surface area (Å²) in [5.74, 6) is 0.768. The highest BCUT2D eigenvalue weighted by Gasteiger charge is 2.26. The van der Waals surface area contributed by atoms with E-state index in [1.54, 1.807) is 18.9 Å². The fraction of sp³-hybridized carbons (Fsp3) is 0.308. The number of nitrogens with zero attached hydrogens (tertiary/aromatic N) is 4. The number of aromatic nitrogens is 2. The van der Waals surface area contributed by atoms with Gasteiger partial charge in [0.05, 0.1) is 23.2 Å². The highest BCUT2D eigenvalue weighted by molar-refractivity contribution is 5.96. The third-order valence-corrected chi connectivity index (χ3v) is 3.27. The molecule has 10 heteroatoms. The minimum atomic E-state index is -0.507. The number of carbonyl (C=O) groups excluding carboxylic acids is 1. The van der Waals surface area contributed by atoms with Gasteiger partial charge in [0.2, 0.25) is 5.89 Å². The standard InChI is InChI=1S/C13H13N5O5/c1-7-14-12(16-23-7)5-17(2)9-3-8-11(4-10(9)18(20)21)22-6-13(19)15-8/h3-4H,5-6H2,1-2H3,(H,15,19). The molecular weight excluding hydrogens is 306 g/mol. The van der Waals surface area contributed by atoms with E-state index in [9.17, 15) is 14.9 Å². The monoisotopic (exact) mass is 319 g/mol. The lowest BCUT2D eigenvalue weighted by Crippen LogP contribution is -2.26. The second-order valence-corrected chi connectivity index (χ2v) is 5.02. The number of rotatable bonds is 4. The number of fused-ring (bicyclic) bond motifs is 1. The molecule has 1 amide bonds. The molecule has 1 aromatic heterocycles. The van der Waals surface area contributed by atoms with Gasteiger partial charge in [0, 0.05) is 14.0 Å². The number of aryl methyl sites for hydroxylation is 1. The number of nitrogens with one attached hydrogen (secondary N) is 1. The first-order valence-electron chi connectivity index (χ1n) is 6.69. The number of benzene rings is 1. The predicted molar refractivity (Wildman–Crippen MR) is 78.4 cm³/mol. The Bertz CT molecular complexity index is 787. The highest BCUT2D eigenvalue weighted by atomic mass is 16.6. The Morgan fingerprint density at radius 2 is 2.26 bits per heavy atom. The summed E-state index contributed by atoms with van der Waals surface area (Å²) in [4.78, 5) is 27.9. The molecule has 0 bridgehead atoms. The van der Waals surface area contributed by atoms with Gasteiger partial charge in [0.1, 0.15) is 5.69 Å². The maximum absolute atomic E-state index is 11.4. The molecule has 1 aromatic carbocycles. The predicted octanol–water partition coefficient (Wildman–Crippen LogP) is 1.25. The number of hydrogen-bond donors (Lipinski definition) is 1. The van der Waals surface area contributed by atoms with E-state index in [0.717, 1.165) is 0 Å². The Balaban J connectivity index is 1.97. The van der Waals surface area contributed by atoms with Crippen molar-refractivity contribution in [3.8, 4) is 5.75 Å². The first kappa shape index (κ1) is 14.8. The molecule has 0 fully saturated rings. The van der Waals surface area contributed by atoms with Gasteiger partial charge in [-0.1, -0.05) is 5.16 Å². The minimum absolute atomic E-state index is 0.136. The summed E-state index contributed by atoms with van der Waals surface area (Å²) in [6.45, 7) is 1.71. The van der Waals surface area contributed by atoms with Gasteiger partial charge in [0.25, 0.3) is 11.6 Å². The zero-order chi connectivity index (χ0) is 16.6. The molecule has 0 radical (unpaired) electrons. The number of ether oxygens (including phenoxy) is 1. The smallest absolute Gasteiger partial charge is 0.296 e. The van der Waals surface area contributed by atoms with Crippen LogP contribution < -0.4 is 15.0 Å². The molecule has 1 aliphatic rings. The van der Waals surface area contributed by atoms with Crippen LogP contribution in [0.25, 0.3) is 0 Å². The Morgan fingerprint density at radius 1 is 1.48 bits per heavy atom. The van der Waals surface area contributed by atoms with E-state index in [1.807, 2.05) is 0 Å². The quantitative estimate of drug-likeness (QED) is 0.659. The number of nitro benzene ring substituents is 1. The maximum atomic E-state index is 11.4. The topological polar surface area (TPSA) is 124 Å². The molecule has 3 rings (SSSR count). The van der Waals surface area contributed by atoms with Crippen molar-refractivity contribution in [2.75, 3.05) is 23.9 Å². The van der Waals surface area contributed by atoms with Crippen LogP contribution in [0.1, 0.15) is 11.7 Å². The summed E-state index contributed by atoms with van der Waals surface area (Å²) in [5.41, 5.74) is 0.558. The Hall–Kier alpha value is -3.17. The van der Waals surface area contributed by atoms with Gasteiger partial charge in [-0.3, -0.25) is 14.9 Å². The molecule has 120 valence electrons. The lowest BCUT2D eigenvalue weighted by Gasteiger charge is -2.22. The molecule has 0 unspecified atom stereocenters. The summed E-state index contributed by atoms with van der Waals surface area (Å²) < 4.78 is 10.1. The van der Waals surface area contributed by atoms with Crippen LogP contribution in [0.15, 0.2) is 16.7 Å². The number of anilines is 2. The van der Waals surface area contributed by atoms with Crippen LogP contribution in [-0.2, 0) is 11.3 Å². The highest BCUT2D eigenvalue weighted by Crippen LogP contribution is 2.39. The van der Waals surface area contributed by atoms with Crippen LogP contribution in [-0.4, -0.2) is 34.6 Å². The fourth-order valence-electron chi connectivity index (χ4n) is 2.26. The van der Waals surface area contributed by atoms with E-state index < -0.39 is 4.92 Å². The Kier molecular flexibility index (Phi) is 3.56. The van der Waals surface area contributed by atoms with E-state index in [2.05, 4.69) is 15.5 Å². The van der Waals surface area contributed by atoms with Gasteiger partial charge < -0.3 is 19.5 Å². The van der Waals surface area contributed by atoms with Crippen molar-refractivity contribution in [3.05, 3.63) is 34.0 Å². The van der Waals surface area contributed by atoms with E-state index in [0.29, 0.717) is 23.1 Å². The molecule has 1 N–H and O–H groups in total. The number of carbonyl (C=O) groups is 1. The molecule has 0 spiro atoms. The molecule has 1 aliphatic heterocycles. The molecule has 23 heavy (non-hydrogen) atoms. The van der Waals surface area contributed by atoms with Crippen molar-refractivity contribution < 1.29 is 19.0 Å². The summed E-state index contributed by atoms with van der Waals surface area (Å²) in [6, 6.07) is 2.79. The Labute approximate surface area is 130 Å². The molecule has 2 heterocycles. The maximum Gasteiger partial charge on any atom is 0.296 e. The molecule has 10 nitrogen and oxygen atoms in total. The molecule has 0 saturated heterocycles. The van der Waals surface area contributed by atoms with Crippen LogP contribution in [0.3, 0.4) is 0 Å². The normalized spacial score (nSPS) is 13.0. The van der Waals surface area contributed by atoms with Crippen LogP contribution in [0.2, 0.25) is 0 Å². The molecule has 2 aromatic rings. The van der Waals surface area contributed by atoms with Crippen molar-refractivity contribution >= 4 is 23.0 Å². The van der Waals surface area contributed by atoms with Crippen molar-refractivity contribution in [3.63, 3.8) is 0 Å². The third-order valence-electron chi connectivity index (χ3n) is 3.27. The average molecular weight is 319 g/mol. The molecule has 0 aliphatic carbocycles. The summed E-state index contributed by atoms with van der Waals surface area (Å²) >= 11 is 0. The third kappa shape index (κ3) is 2.91. The number of nitro groups is 1. The van der Waals surface area contributed by atoms with Gasteiger partial charge in [-0.05, 0) is 6.07 Å². The van der Waals surface area contributed by atoms with E-state index in [1.165, 1.54) is 12.1 Å². The number of hydrogen-bond acceptors (Lipinski definition) is 8. The summed E-state index contributed by atoms with van der Waals surface area (Å²) in [5, 5.41) is 17.7. The van der Waals surface area contributed by atoms with Crippen LogP contribution >= 0.6 is 0 Å². The van der Waals surface area contributed by atoms with E-state index in [-0.39, 0.29) is 30.5 Å². The zero-order valence-corrected chi connectivity index (χ0v) is 12.4. The van der Waals surface area contributed by atoms with Crippen LogP contribution in [0.5, 0.6) is 5.75 Å². The van der Waals surface area contributed by atoms with Gasteiger partial charge >= 0.3 is 0 Å². The van der Waals surface area contributed by atoms with E-state index >= 15 is 0 Å². The zero-order valence-electron chi connectivity index (χ0n) is 12.4. The van der Waals surface area contributed by atoms with Crippen molar-refractivity contribution in [1.29, 1.82) is 0 Å². The van der Waals surface area contributed by atoms with Gasteiger partial charge in [-0.15, -0.1) is 0 Å². The van der Waals surface area contributed by atoms with Crippen LogP contribution in [0.4, 0.5) is 17.1 Å². The van der Waals surface area contributed by atoms with Crippen molar-refractivity contribution in [2.24, 2.45) is 0 Å². The first-order valence-corrected chi connectivity index (χ1v) is 6.69. The molecule has 0 saturated carbocycles. The lowest BCUT2D eigenvalue weighted by molar-refractivity contribution is -0.384. The molecule has 0 atom stereocenters. The summed E-state index contributed by atoms with van der Waals surface area (Å²) in [7, 11) is 1.66. The minimum Gasteiger partial charge on any atom is -0.481 e. The second-order valence-electron chi connectivity index (χ2n) is 5.02. The first-order chi connectivity index (χ1) is 10.9. The van der Waals surface area contributed by atoms with Crippen molar-refractivity contribution in [2.45, 2.75) is 13.5 Å². The largest absolute Gasteiger partial charge is 0.481 e. The van der Waals surface area contributed by atoms with Crippen LogP contribution in [0, 0.1) is 17.0 Å². The average Bonchev–Trinajstić information content (AvgIpc) is 2.90.